The number of thioether (sulfide) groups is 1. The standard InChI is InChI=1S/C24H28N4OS/c1-26-13-15-27(16-14-26)28-22-12-5-4-11-21(22)23(25-24(28)29)30-17-19-9-6-8-18-7-2-3-10-20(18)19/h2-3,6-10H,4-5,11-17H2,1H3. The van der Waals surface area contributed by atoms with Gasteiger partial charge in [-0.15, -0.1) is 11.8 Å². The Hall–Kier alpha value is -2.31. The summed E-state index contributed by atoms with van der Waals surface area (Å²) in [5.41, 5.74) is 3.68. The molecular weight excluding hydrogens is 392 g/mol. The van der Waals surface area contributed by atoms with Crippen LogP contribution in [-0.2, 0) is 18.6 Å². The molecule has 0 unspecified atom stereocenters. The van der Waals surface area contributed by atoms with Gasteiger partial charge in [-0.2, -0.15) is 4.98 Å². The van der Waals surface area contributed by atoms with Gasteiger partial charge in [0.05, 0.1) is 5.69 Å². The minimum Gasteiger partial charge on any atom is -0.306 e. The van der Waals surface area contributed by atoms with Crippen molar-refractivity contribution >= 4 is 22.5 Å². The van der Waals surface area contributed by atoms with Gasteiger partial charge in [0.2, 0.25) is 0 Å². The molecule has 156 valence electrons. The van der Waals surface area contributed by atoms with Crippen molar-refractivity contribution in [1.29, 1.82) is 0 Å². The first-order valence-electron chi connectivity index (χ1n) is 10.9. The molecule has 3 aromatic rings. The van der Waals surface area contributed by atoms with E-state index in [4.69, 9.17) is 0 Å². The molecule has 0 radical (unpaired) electrons. The summed E-state index contributed by atoms with van der Waals surface area (Å²) < 4.78 is 1.91. The van der Waals surface area contributed by atoms with Crippen LogP contribution < -0.4 is 10.7 Å². The summed E-state index contributed by atoms with van der Waals surface area (Å²) in [6.45, 7) is 3.73. The van der Waals surface area contributed by atoms with Gasteiger partial charge in [-0.05, 0) is 49.1 Å². The van der Waals surface area contributed by atoms with Crippen LogP contribution in [0.1, 0.15) is 29.7 Å². The average molecular weight is 421 g/mol. The summed E-state index contributed by atoms with van der Waals surface area (Å²) in [6, 6.07) is 15.0. The van der Waals surface area contributed by atoms with Crippen LogP contribution in [0.2, 0.25) is 0 Å². The minimum atomic E-state index is -0.111. The molecule has 5 nitrogen and oxygen atoms in total. The highest BCUT2D eigenvalue weighted by molar-refractivity contribution is 7.98. The van der Waals surface area contributed by atoms with Crippen molar-refractivity contribution in [1.82, 2.24) is 14.6 Å². The number of likely N-dealkylation sites (N-methyl/N-ethyl adjacent to an activating group) is 1. The first kappa shape index (κ1) is 19.6. The summed E-state index contributed by atoms with van der Waals surface area (Å²) in [5.74, 6) is 0.832. The number of nitrogens with zero attached hydrogens (tertiary/aromatic N) is 4. The molecule has 0 amide bonds. The average Bonchev–Trinajstić information content (AvgIpc) is 2.78. The van der Waals surface area contributed by atoms with Crippen molar-refractivity contribution in [2.45, 2.75) is 36.5 Å². The van der Waals surface area contributed by atoms with E-state index in [0.717, 1.165) is 56.2 Å². The molecule has 1 saturated heterocycles. The molecule has 1 fully saturated rings. The fourth-order valence-corrected chi connectivity index (χ4v) is 5.72. The van der Waals surface area contributed by atoms with Crippen molar-refractivity contribution in [2.24, 2.45) is 0 Å². The van der Waals surface area contributed by atoms with E-state index in [1.807, 2.05) is 4.68 Å². The maximum absolute atomic E-state index is 13.1. The number of hydrogen-bond donors (Lipinski definition) is 0. The van der Waals surface area contributed by atoms with Crippen molar-refractivity contribution < 1.29 is 0 Å². The number of piperazine rings is 1. The lowest BCUT2D eigenvalue weighted by Crippen LogP contribution is -2.54. The normalized spacial score (nSPS) is 17.3. The van der Waals surface area contributed by atoms with Crippen LogP contribution in [0.25, 0.3) is 10.8 Å². The van der Waals surface area contributed by atoms with Gasteiger partial charge in [-0.1, -0.05) is 42.5 Å². The van der Waals surface area contributed by atoms with Crippen LogP contribution in [-0.4, -0.2) is 47.8 Å². The first-order valence-corrected chi connectivity index (χ1v) is 11.9. The van der Waals surface area contributed by atoms with E-state index in [-0.39, 0.29) is 5.69 Å². The number of fused-ring (bicyclic) bond motifs is 2. The van der Waals surface area contributed by atoms with Gasteiger partial charge < -0.3 is 9.91 Å². The lowest BCUT2D eigenvalue weighted by Gasteiger charge is -2.37. The molecular formula is C24H28N4OS. The Morgan fingerprint density at radius 3 is 2.60 bits per heavy atom. The van der Waals surface area contributed by atoms with E-state index >= 15 is 0 Å². The Kier molecular flexibility index (Phi) is 5.52. The first-order chi connectivity index (χ1) is 14.7. The molecule has 30 heavy (non-hydrogen) atoms. The highest BCUT2D eigenvalue weighted by atomic mass is 32.2. The SMILES string of the molecule is CN1CCN(n2c3c(c(SCc4cccc5ccccc45)nc2=O)CCCC3)CC1. The van der Waals surface area contributed by atoms with E-state index in [0.29, 0.717) is 0 Å². The van der Waals surface area contributed by atoms with E-state index < -0.39 is 0 Å². The van der Waals surface area contributed by atoms with Gasteiger partial charge >= 0.3 is 5.69 Å². The predicted molar refractivity (Wildman–Crippen MR) is 124 cm³/mol. The minimum absolute atomic E-state index is 0.111. The molecule has 6 heteroatoms. The molecule has 2 aromatic carbocycles. The van der Waals surface area contributed by atoms with E-state index in [1.165, 1.54) is 34.0 Å². The van der Waals surface area contributed by atoms with Crippen LogP contribution in [0, 0.1) is 0 Å². The molecule has 5 rings (SSSR count). The topological polar surface area (TPSA) is 41.4 Å². The third-order valence-electron chi connectivity index (χ3n) is 6.34. The predicted octanol–water partition coefficient (Wildman–Crippen LogP) is 3.45. The fraction of sp³-hybridized carbons (Fsp3) is 0.417. The van der Waals surface area contributed by atoms with Crippen LogP contribution in [0.4, 0.5) is 0 Å². The largest absolute Gasteiger partial charge is 0.367 e. The van der Waals surface area contributed by atoms with E-state index in [2.05, 4.69) is 64.4 Å². The van der Waals surface area contributed by atoms with Gasteiger partial charge in [-0.3, -0.25) is 0 Å². The van der Waals surface area contributed by atoms with Gasteiger partial charge in [0, 0.05) is 37.5 Å². The van der Waals surface area contributed by atoms with Crippen molar-refractivity contribution in [3.8, 4) is 0 Å². The van der Waals surface area contributed by atoms with E-state index in [9.17, 15) is 4.79 Å². The summed E-state index contributed by atoms with van der Waals surface area (Å²) in [4.78, 5) is 20.0. The molecule has 1 aliphatic carbocycles. The lowest BCUT2D eigenvalue weighted by atomic mass is 9.97. The molecule has 0 N–H and O–H groups in total. The Labute approximate surface area is 181 Å². The lowest BCUT2D eigenvalue weighted by molar-refractivity contribution is 0.281. The number of rotatable bonds is 4. The highest BCUT2D eigenvalue weighted by Gasteiger charge is 2.25. The molecule has 1 aliphatic heterocycles. The summed E-state index contributed by atoms with van der Waals surface area (Å²) in [6.07, 6.45) is 4.32. The van der Waals surface area contributed by atoms with Gasteiger partial charge in [0.1, 0.15) is 5.03 Å². The Morgan fingerprint density at radius 2 is 1.73 bits per heavy atom. The number of benzene rings is 2. The molecule has 0 atom stereocenters. The molecule has 0 saturated carbocycles. The van der Waals surface area contributed by atoms with Gasteiger partial charge in [-0.25, -0.2) is 9.47 Å². The van der Waals surface area contributed by atoms with Crippen LogP contribution >= 0.6 is 11.8 Å². The highest BCUT2D eigenvalue weighted by Crippen LogP contribution is 2.32. The fourth-order valence-electron chi connectivity index (χ4n) is 4.64. The van der Waals surface area contributed by atoms with Crippen molar-refractivity contribution in [3.63, 3.8) is 0 Å². The number of hydrogen-bond acceptors (Lipinski definition) is 5. The number of aromatic nitrogens is 2. The third kappa shape index (κ3) is 3.74. The quantitative estimate of drug-likeness (QED) is 0.478. The molecule has 0 bridgehead atoms. The second-order valence-corrected chi connectivity index (χ2v) is 9.29. The molecule has 1 aromatic heterocycles. The van der Waals surface area contributed by atoms with Crippen molar-refractivity contribution in [3.05, 3.63) is 69.8 Å². The maximum atomic E-state index is 13.1. The van der Waals surface area contributed by atoms with Gasteiger partial charge in [0.15, 0.2) is 0 Å². The Bertz CT molecular complexity index is 1110. The third-order valence-corrected chi connectivity index (χ3v) is 7.40. The second-order valence-electron chi connectivity index (χ2n) is 8.33. The summed E-state index contributed by atoms with van der Waals surface area (Å²) in [7, 11) is 2.14. The van der Waals surface area contributed by atoms with Gasteiger partial charge in [0.25, 0.3) is 0 Å². The van der Waals surface area contributed by atoms with Crippen molar-refractivity contribution in [2.75, 3.05) is 38.2 Å². The summed E-state index contributed by atoms with van der Waals surface area (Å²) >= 11 is 1.72. The van der Waals surface area contributed by atoms with Crippen LogP contribution in [0.3, 0.4) is 0 Å². The summed E-state index contributed by atoms with van der Waals surface area (Å²) in [5, 5.41) is 5.69. The zero-order chi connectivity index (χ0) is 20.5. The van der Waals surface area contributed by atoms with Crippen LogP contribution in [0.15, 0.2) is 52.3 Å². The maximum Gasteiger partial charge on any atom is 0.367 e. The zero-order valence-corrected chi connectivity index (χ0v) is 18.3. The molecule has 2 aliphatic rings. The van der Waals surface area contributed by atoms with Crippen LogP contribution in [0.5, 0.6) is 0 Å². The second kappa shape index (κ2) is 8.44. The molecule has 2 heterocycles. The van der Waals surface area contributed by atoms with E-state index in [1.54, 1.807) is 11.8 Å². The monoisotopic (exact) mass is 420 g/mol. The Balaban J connectivity index is 1.47. The zero-order valence-electron chi connectivity index (χ0n) is 17.5. The smallest absolute Gasteiger partial charge is 0.306 e. The Morgan fingerprint density at radius 1 is 0.967 bits per heavy atom. The molecule has 0 spiro atoms.